The predicted octanol–water partition coefficient (Wildman–Crippen LogP) is 2.01. The number of hydrogen-bond acceptors (Lipinski definition) is 5. The minimum absolute atomic E-state index is 0.276. The van der Waals surface area contributed by atoms with E-state index in [1.165, 1.54) is 38.8 Å². The van der Waals surface area contributed by atoms with Gasteiger partial charge < -0.3 is 14.6 Å². The number of piperidine rings is 1. The SMILES string of the molecule is OC(CN1CCCC(N2CCCC2)C1)c1ccc2c(c1)OCO2. The molecule has 23 heavy (non-hydrogen) atoms. The number of rotatable bonds is 4. The molecule has 0 aliphatic carbocycles. The second kappa shape index (κ2) is 6.67. The molecule has 5 nitrogen and oxygen atoms in total. The highest BCUT2D eigenvalue weighted by Gasteiger charge is 2.28. The first kappa shape index (κ1) is 15.2. The zero-order chi connectivity index (χ0) is 15.6. The number of likely N-dealkylation sites (tertiary alicyclic amines) is 2. The van der Waals surface area contributed by atoms with E-state index in [4.69, 9.17) is 9.47 Å². The number of benzene rings is 1. The van der Waals surface area contributed by atoms with Gasteiger partial charge in [-0.3, -0.25) is 9.80 Å². The van der Waals surface area contributed by atoms with Crippen molar-refractivity contribution in [3.05, 3.63) is 23.8 Å². The minimum atomic E-state index is -0.471. The Morgan fingerprint density at radius 3 is 2.78 bits per heavy atom. The first-order chi connectivity index (χ1) is 11.3. The van der Waals surface area contributed by atoms with Crippen molar-refractivity contribution in [2.75, 3.05) is 39.5 Å². The van der Waals surface area contributed by atoms with Crippen molar-refractivity contribution in [2.45, 2.75) is 37.8 Å². The zero-order valence-corrected chi connectivity index (χ0v) is 13.6. The van der Waals surface area contributed by atoms with Gasteiger partial charge in [0, 0.05) is 19.1 Å². The second-order valence-corrected chi connectivity index (χ2v) is 6.93. The molecule has 2 saturated heterocycles. The molecule has 0 saturated carbocycles. The molecule has 2 unspecified atom stereocenters. The average molecular weight is 318 g/mol. The minimum Gasteiger partial charge on any atom is -0.454 e. The van der Waals surface area contributed by atoms with E-state index in [-0.39, 0.29) is 6.79 Å². The van der Waals surface area contributed by atoms with Gasteiger partial charge in [-0.2, -0.15) is 0 Å². The number of nitrogens with zero attached hydrogens (tertiary/aromatic N) is 2. The summed E-state index contributed by atoms with van der Waals surface area (Å²) in [7, 11) is 0. The van der Waals surface area contributed by atoms with Gasteiger partial charge in [-0.15, -0.1) is 0 Å². The molecule has 1 N–H and O–H groups in total. The van der Waals surface area contributed by atoms with E-state index in [1.807, 2.05) is 18.2 Å². The molecule has 1 aromatic rings. The summed E-state index contributed by atoms with van der Waals surface area (Å²) in [4.78, 5) is 5.06. The Morgan fingerprint density at radius 2 is 1.91 bits per heavy atom. The van der Waals surface area contributed by atoms with Gasteiger partial charge in [0.1, 0.15) is 0 Å². The van der Waals surface area contributed by atoms with Crippen LogP contribution < -0.4 is 9.47 Å². The number of hydrogen-bond donors (Lipinski definition) is 1. The lowest BCUT2D eigenvalue weighted by atomic mass is 10.0. The number of aliphatic hydroxyl groups excluding tert-OH is 1. The van der Waals surface area contributed by atoms with Gasteiger partial charge in [0.05, 0.1) is 6.10 Å². The summed E-state index contributed by atoms with van der Waals surface area (Å²) in [6, 6.07) is 6.43. The Hall–Kier alpha value is -1.30. The van der Waals surface area contributed by atoms with Crippen molar-refractivity contribution in [3.8, 4) is 11.5 Å². The first-order valence-corrected chi connectivity index (χ1v) is 8.83. The maximum atomic E-state index is 10.6. The molecule has 0 radical (unpaired) electrons. The fourth-order valence-electron chi connectivity index (χ4n) is 4.07. The molecule has 126 valence electrons. The topological polar surface area (TPSA) is 45.2 Å². The molecular formula is C18H26N2O3. The summed E-state index contributed by atoms with van der Waals surface area (Å²) in [5, 5.41) is 10.6. The molecule has 0 bridgehead atoms. The summed E-state index contributed by atoms with van der Waals surface area (Å²) in [6.45, 7) is 5.66. The Bertz CT molecular complexity index is 545. The third-order valence-electron chi connectivity index (χ3n) is 5.35. The molecule has 2 atom stereocenters. The maximum Gasteiger partial charge on any atom is 0.231 e. The highest BCUT2D eigenvalue weighted by molar-refractivity contribution is 5.45. The van der Waals surface area contributed by atoms with Gasteiger partial charge in [0.25, 0.3) is 0 Å². The lowest BCUT2D eigenvalue weighted by Gasteiger charge is -2.38. The van der Waals surface area contributed by atoms with Crippen LogP contribution in [0.4, 0.5) is 0 Å². The van der Waals surface area contributed by atoms with Crippen molar-refractivity contribution in [1.82, 2.24) is 9.80 Å². The van der Waals surface area contributed by atoms with Crippen LogP contribution in [0.3, 0.4) is 0 Å². The Balaban J connectivity index is 1.37. The van der Waals surface area contributed by atoms with Crippen molar-refractivity contribution in [3.63, 3.8) is 0 Å². The van der Waals surface area contributed by atoms with Crippen molar-refractivity contribution < 1.29 is 14.6 Å². The third kappa shape index (κ3) is 3.32. The normalized spacial score (nSPS) is 26.6. The summed E-state index contributed by atoms with van der Waals surface area (Å²) in [6.07, 6.45) is 4.75. The van der Waals surface area contributed by atoms with Gasteiger partial charge >= 0.3 is 0 Å². The van der Waals surface area contributed by atoms with Crippen LogP contribution in [0.1, 0.15) is 37.4 Å². The largest absolute Gasteiger partial charge is 0.454 e. The van der Waals surface area contributed by atoms with Gasteiger partial charge in [-0.1, -0.05) is 6.07 Å². The van der Waals surface area contributed by atoms with E-state index in [0.29, 0.717) is 12.6 Å². The molecule has 5 heteroatoms. The number of β-amino-alcohol motifs (C(OH)–C–C–N with tert-alkyl or cyclic N) is 1. The van der Waals surface area contributed by atoms with Gasteiger partial charge in [-0.05, 0) is 63.0 Å². The van der Waals surface area contributed by atoms with Crippen LogP contribution in [-0.4, -0.2) is 60.5 Å². The van der Waals surface area contributed by atoms with Crippen LogP contribution in [0.5, 0.6) is 11.5 Å². The van der Waals surface area contributed by atoms with Gasteiger partial charge in [0.15, 0.2) is 11.5 Å². The molecule has 0 amide bonds. The van der Waals surface area contributed by atoms with Crippen LogP contribution in [0.2, 0.25) is 0 Å². The van der Waals surface area contributed by atoms with E-state index in [9.17, 15) is 5.11 Å². The number of aliphatic hydroxyl groups is 1. The number of ether oxygens (including phenoxy) is 2. The number of fused-ring (bicyclic) bond motifs is 1. The highest BCUT2D eigenvalue weighted by Crippen LogP contribution is 2.34. The van der Waals surface area contributed by atoms with Crippen LogP contribution >= 0.6 is 0 Å². The quantitative estimate of drug-likeness (QED) is 0.920. The van der Waals surface area contributed by atoms with Gasteiger partial charge in [-0.25, -0.2) is 0 Å². The molecule has 3 aliphatic heterocycles. The molecular weight excluding hydrogens is 292 g/mol. The second-order valence-electron chi connectivity index (χ2n) is 6.93. The van der Waals surface area contributed by atoms with Crippen LogP contribution in [-0.2, 0) is 0 Å². The molecule has 1 aromatic carbocycles. The molecule has 2 fully saturated rings. The fraction of sp³-hybridized carbons (Fsp3) is 0.667. The van der Waals surface area contributed by atoms with Crippen molar-refractivity contribution in [2.24, 2.45) is 0 Å². The Labute approximate surface area is 137 Å². The standard InChI is InChI=1S/C18H26N2O3/c21-16(14-5-6-17-18(10-14)23-13-22-17)12-19-7-3-4-15(11-19)20-8-1-2-9-20/h5-6,10,15-16,21H,1-4,7-9,11-13H2. The predicted molar refractivity (Wildman–Crippen MR) is 87.8 cm³/mol. The Morgan fingerprint density at radius 1 is 1.09 bits per heavy atom. The first-order valence-electron chi connectivity index (χ1n) is 8.83. The van der Waals surface area contributed by atoms with Crippen LogP contribution in [0.25, 0.3) is 0 Å². The summed E-state index contributed by atoms with van der Waals surface area (Å²) < 4.78 is 10.7. The summed E-state index contributed by atoms with van der Waals surface area (Å²) >= 11 is 0. The average Bonchev–Trinajstić information content (AvgIpc) is 3.26. The molecule has 0 aromatic heterocycles. The summed E-state index contributed by atoms with van der Waals surface area (Å²) in [5.41, 5.74) is 0.914. The third-order valence-corrected chi connectivity index (χ3v) is 5.35. The van der Waals surface area contributed by atoms with E-state index in [2.05, 4.69) is 9.80 Å². The monoisotopic (exact) mass is 318 g/mol. The molecule has 3 heterocycles. The maximum absolute atomic E-state index is 10.6. The molecule has 4 rings (SSSR count). The lowest BCUT2D eigenvalue weighted by molar-refractivity contribution is 0.0650. The smallest absolute Gasteiger partial charge is 0.231 e. The van der Waals surface area contributed by atoms with Crippen LogP contribution in [0.15, 0.2) is 18.2 Å². The Kier molecular flexibility index (Phi) is 4.42. The van der Waals surface area contributed by atoms with Crippen LogP contribution in [0, 0.1) is 0 Å². The molecule has 0 spiro atoms. The van der Waals surface area contributed by atoms with Gasteiger partial charge in [0.2, 0.25) is 6.79 Å². The fourth-order valence-corrected chi connectivity index (χ4v) is 4.07. The van der Waals surface area contributed by atoms with E-state index < -0.39 is 6.10 Å². The zero-order valence-electron chi connectivity index (χ0n) is 13.6. The lowest BCUT2D eigenvalue weighted by Crippen LogP contribution is -2.47. The van der Waals surface area contributed by atoms with E-state index in [0.717, 1.165) is 30.2 Å². The van der Waals surface area contributed by atoms with E-state index >= 15 is 0 Å². The highest BCUT2D eigenvalue weighted by atomic mass is 16.7. The van der Waals surface area contributed by atoms with Crippen molar-refractivity contribution >= 4 is 0 Å². The van der Waals surface area contributed by atoms with Crippen molar-refractivity contribution in [1.29, 1.82) is 0 Å². The van der Waals surface area contributed by atoms with E-state index in [1.54, 1.807) is 0 Å². The molecule has 3 aliphatic rings. The summed E-state index contributed by atoms with van der Waals surface area (Å²) in [5.74, 6) is 1.52.